The van der Waals surface area contributed by atoms with Crippen molar-refractivity contribution < 1.29 is 17.9 Å². The SMILES string of the molecule is COc1ccccc1-c1ccc(C(=O)NS(=O)(=O)C2CC[C@H](N)C2)c(N2C[C@@H](C)CC2(C)C)n1. The second-order valence-corrected chi connectivity index (χ2v) is 12.1. The van der Waals surface area contributed by atoms with E-state index >= 15 is 0 Å². The summed E-state index contributed by atoms with van der Waals surface area (Å²) in [5.41, 5.74) is 7.37. The molecule has 1 amide bonds. The van der Waals surface area contributed by atoms with Crippen molar-refractivity contribution in [3.8, 4) is 17.0 Å². The highest BCUT2D eigenvalue weighted by molar-refractivity contribution is 7.90. The van der Waals surface area contributed by atoms with Crippen LogP contribution in [0.5, 0.6) is 5.75 Å². The molecular weight excluding hydrogens is 452 g/mol. The van der Waals surface area contributed by atoms with Crippen LogP contribution in [0.3, 0.4) is 0 Å². The zero-order valence-corrected chi connectivity index (χ0v) is 21.1. The highest BCUT2D eigenvalue weighted by atomic mass is 32.2. The lowest BCUT2D eigenvalue weighted by Gasteiger charge is -2.34. The molecule has 9 heteroatoms. The lowest BCUT2D eigenvalue weighted by Crippen LogP contribution is -2.42. The van der Waals surface area contributed by atoms with E-state index in [1.165, 1.54) is 0 Å². The van der Waals surface area contributed by atoms with Crippen molar-refractivity contribution in [2.45, 2.75) is 63.3 Å². The van der Waals surface area contributed by atoms with Gasteiger partial charge in [0.1, 0.15) is 11.6 Å². The number of carbonyl (C=O) groups is 1. The maximum atomic E-state index is 13.3. The molecule has 0 bridgehead atoms. The van der Waals surface area contributed by atoms with Crippen molar-refractivity contribution in [3.05, 3.63) is 42.0 Å². The van der Waals surface area contributed by atoms with Gasteiger partial charge in [-0.05, 0) is 69.7 Å². The third-order valence-electron chi connectivity index (χ3n) is 6.93. The summed E-state index contributed by atoms with van der Waals surface area (Å²) < 4.78 is 33.6. The molecule has 1 saturated heterocycles. The summed E-state index contributed by atoms with van der Waals surface area (Å²) in [7, 11) is -2.24. The minimum absolute atomic E-state index is 0.152. The van der Waals surface area contributed by atoms with Gasteiger partial charge in [-0.3, -0.25) is 4.79 Å². The first-order valence-electron chi connectivity index (χ1n) is 11.8. The Bertz CT molecular complexity index is 1180. The van der Waals surface area contributed by atoms with Crippen molar-refractivity contribution in [1.82, 2.24) is 9.71 Å². The molecule has 4 rings (SSSR count). The van der Waals surface area contributed by atoms with E-state index in [0.717, 1.165) is 18.5 Å². The molecule has 1 saturated carbocycles. The van der Waals surface area contributed by atoms with Crippen LogP contribution < -0.4 is 20.1 Å². The molecule has 2 aromatic rings. The first-order valence-corrected chi connectivity index (χ1v) is 13.3. The molecule has 0 spiro atoms. The standard InChI is InChI=1S/C25H34N4O4S/c1-16-14-25(2,3)29(15-16)23-20(24(30)28-34(31,32)18-10-9-17(26)13-18)11-12-21(27-23)19-7-5-6-8-22(19)33-4/h5-8,11-12,16-18H,9-10,13-15,26H2,1-4H3,(H,28,30)/t16-,17-,18?/m0/s1. The number of carbonyl (C=O) groups excluding carboxylic acids is 1. The summed E-state index contributed by atoms with van der Waals surface area (Å²) in [6, 6.07) is 10.8. The van der Waals surface area contributed by atoms with Gasteiger partial charge >= 0.3 is 0 Å². The number of nitrogens with one attached hydrogen (secondary N) is 1. The molecule has 1 aliphatic heterocycles. The first kappa shape index (κ1) is 24.5. The maximum absolute atomic E-state index is 13.3. The van der Waals surface area contributed by atoms with Crippen molar-refractivity contribution in [1.29, 1.82) is 0 Å². The second-order valence-electron chi connectivity index (χ2n) is 10.2. The lowest BCUT2D eigenvalue weighted by atomic mass is 9.97. The van der Waals surface area contributed by atoms with Gasteiger partial charge < -0.3 is 15.4 Å². The molecule has 2 aliphatic rings. The number of sulfonamides is 1. The summed E-state index contributed by atoms with van der Waals surface area (Å²) in [4.78, 5) is 20.3. The Balaban J connectivity index is 1.75. The van der Waals surface area contributed by atoms with Gasteiger partial charge in [0.25, 0.3) is 5.91 Å². The van der Waals surface area contributed by atoms with E-state index in [1.807, 2.05) is 24.3 Å². The van der Waals surface area contributed by atoms with Gasteiger partial charge in [0, 0.05) is 23.7 Å². The molecule has 1 unspecified atom stereocenters. The van der Waals surface area contributed by atoms with Gasteiger partial charge in [-0.2, -0.15) is 0 Å². The predicted molar refractivity (Wildman–Crippen MR) is 133 cm³/mol. The minimum atomic E-state index is -3.84. The zero-order valence-electron chi connectivity index (χ0n) is 20.2. The molecule has 3 atom stereocenters. The molecule has 184 valence electrons. The van der Waals surface area contributed by atoms with Crippen molar-refractivity contribution in [2.24, 2.45) is 11.7 Å². The number of hydrogen-bond acceptors (Lipinski definition) is 7. The number of pyridine rings is 1. The van der Waals surface area contributed by atoms with Crippen LogP contribution >= 0.6 is 0 Å². The third kappa shape index (κ3) is 4.77. The Hall–Kier alpha value is -2.65. The molecule has 3 N–H and O–H groups in total. The van der Waals surface area contributed by atoms with Crippen LogP contribution in [0, 0.1) is 5.92 Å². The van der Waals surface area contributed by atoms with E-state index in [0.29, 0.717) is 42.4 Å². The minimum Gasteiger partial charge on any atom is -0.496 e. The second kappa shape index (κ2) is 9.19. The van der Waals surface area contributed by atoms with Crippen LogP contribution in [-0.4, -0.2) is 49.8 Å². The highest BCUT2D eigenvalue weighted by Crippen LogP contribution is 2.39. The van der Waals surface area contributed by atoms with Gasteiger partial charge in [-0.15, -0.1) is 0 Å². The topological polar surface area (TPSA) is 115 Å². The van der Waals surface area contributed by atoms with Crippen molar-refractivity contribution >= 4 is 21.7 Å². The van der Waals surface area contributed by atoms with Crippen LogP contribution in [0.1, 0.15) is 56.8 Å². The number of anilines is 1. The number of nitrogens with two attached hydrogens (primary N) is 1. The molecule has 1 aromatic carbocycles. The average molecular weight is 487 g/mol. The predicted octanol–water partition coefficient (Wildman–Crippen LogP) is 3.32. The summed E-state index contributed by atoms with van der Waals surface area (Å²) in [6.07, 6.45) is 2.39. The summed E-state index contributed by atoms with van der Waals surface area (Å²) in [5.74, 6) is 0.900. The summed E-state index contributed by atoms with van der Waals surface area (Å²) >= 11 is 0. The normalized spacial score (nSPS) is 24.3. The van der Waals surface area contributed by atoms with E-state index in [4.69, 9.17) is 15.5 Å². The molecule has 2 fully saturated rings. The number of amides is 1. The van der Waals surface area contributed by atoms with E-state index < -0.39 is 21.2 Å². The number of methoxy groups -OCH3 is 1. The largest absolute Gasteiger partial charge is 0.496 e. The Morgan fingerprint density at radius 2 is 1.94 bits per heavy atom. The van der Waals surface area contributed by atoms with Gasteiger partial charge in [0.2, 0.25) is 10.0 Å². The van der Waals surface area contributed by atoms with E-state index in [-0.39, 0.29) is 17.1 Å². The number of hydrogen-bond donors (Lipinski definition) is 2. The maximum Gasteiger partial charge on any atom is 0.268 e. The number of ether oxygens (including phenoxy) is 1. The number of benzene rings is 1. The average Bonchev–Trinajstić information content (AvgIpc) is 3.34. The Labute approximate surface area is 201 Å². The smallest absolute Gasteiger partial charge is 0.268 e. The molecule has 0 radical (unpaired) electrons. The van der Waals surface area contributed by atoms with Crippen LogP contribution in [-0.2, 0) is 10.0 Å². The molecule has 1 aromatic heterocycles. The molecule has 8 nitrogen and oxygen atoms in total. The molecular formula is C25H34N4O4S. The third-order valence-corrected chi connectivity index (χ3v) is 8.71. The Kier molecular flexibility index (Phi) is 6.61. The van der Waals surface area contributed by atoms with E-state index in [9.17, 15) is 13.2 Å². The first-order chi connectivity index (χ1) is 16.0. The Morgan fingerprint density at radius 1 is 1.21 bits per heavy atom. The number of aromatic nitrogens is 1. The number of nitrogens with zero attached hydrogens (tertiary/aromatic N) is 2. The zero-order chi connectivity index (χ0) is 24.7. The van der Waals surface area contributed by atoms with Crippen LogP contribution in [0.25, 0.3) is 11.3 Å². The van der Waals surface area contributed by atoms with E-state index in [1.54, 1.807) is 19.2 Å². The fourth-order valence-corrected chi connectivity index (χ4v) is 6.80. The number of para-hydroxylation sites is 1. The lowest BCUT2D eigenvalue weighted by molar-refractivity contribution is 0.0981. The van der Waals surface area contributed by atoms with Crippen LogP contribution in [0.2, 0.25) is 0 Å². The van der Waals surface area contributed by atoms with Crippen molar-refractivity contribution in [2.75, 3.05) is 18.6 Å². The summed E-state index contributed by atoms with van der Waals surface area (Å²) in [5, 5.41) is -0.654. The summed E-state index contributed by atoms with van der Waals surface area (Å²) in [6.45, 7) is 7.12. The van der Waals surface area contributed by atoms with E-state index in [2.05, 4.69) is 30.4 Å². The molecule has 2 heterocycles. The van der Waals surface area contributed by atoms with Gasteiger partial charge in [-0.25, -0.2) is 18.1 Å². The van der Waals surface area contributed by atoms with Crippen LogP contribution in [0.4, 0.5) is 5.82 Å². The monoisotopic (exact) mass is 486 g/mol. The fourth-order valence-electron chi connectivity index (χ4n) is 5.32. The quantitative estimate of drug-likeness (QED) is 0.644. The molecule has 1 aliphatic carbocycles. The fraction of sp³-hybridized carbons (Fsp3) is 0.520. The van der Waals surface area contributed by atoms with Gasteiger partial charge in [0.05, 0.1) is 23.6 Å². The number of rotatable bonds is 6. The molecule has 34 heavy (non-hydrogen) atoms. The highest BCUT2D eigenvalue weighted by Gasteiger charge is 2.40. The van der Waals surface area contributed by atoms with Gasteiger partial charge in [-0.1, -0.05) is 19.1 Å². The Morgan fingerprint density at radius 3 is 2.56 bits per heavy atom. The van der Waals surface area contributed by atoms with Gasteiger partial charge in [0.15, 0.2) is 0 Å². The van der Waals surface area contributed by atoms with Crippen molar-refractivity contribution in [3.63, 3.8) is 0 Å². The van der Waals surface area contributed by atoms with Crippen LogP contribution in [0.15, 0.2) is 36.4 Å².